The number of likely N-dealkylation sites (N-methyl/N-ethyl adjacent to an activating group) is 1. The van der Waals surface area contributed by atoms with Gasteiger partial charge in [0.2, 0.25) is 0 Å². The molecule has 0 saturated carbocycles. The molecule has 1 fully saturated rings. The lowest BCUT2D eigenvalue weighted by Gasteiger charge is -2.35. The van der Waals surface area contributed by atoms with Crippen molar-refractivity contribution in [2.24, 2.45) is 0 Å². The number of rotatable bonds is 5. The van der Waals surface area contributed by atoms with Crippen molar-refractivity contribution in [1.82, 2.24) is 24.4 Å². The van der Waals surface area contributed by atoms with Crippen LogP contribution < -0.4 is 20.4 Å². The van der Waals surface area contributed by atoms with E-state index in [1.54, 1.807) is 54.5 Å². The zero-order valence-electron chi connectivity index (χ0n) is 25.5. The first kappa shape index (κ1) is 31.5. The van der Waals surface area contributed by atoms with E-state index in [0.29, 0.717) is 48.7 Å². The normalized spacial score (nSPS) is 14.4. The highest BCUT2D eigenvalue weighted by atomic mass is 19.4. The summed E-state index contributed by atoms with van der Waals surface area (Å²) in [6, 6.07) is 9.81. The molecule has 3 heterocycles. The monoisotopic (exact) mass is 625 g/mol. The van der Waals surface area contributed by atoms with Gasteiger partial charge in [-0.05, 0) is 70.3 Å². The second-order valence-corrected chi connectivity index (χ2v) is 11.7. The molecule has 0 bridgehead atoms. The Kier molecular flexibility index (Phi) is 8.56. The molecule has 15 heteroatoms. The molecule has 0 radical (unpaired) electrons. The molecule has 2 N–H and O–H groups in total. The lowest BCUT2D eigenvalue weighted by Crippen LogP contribution is -2.45. The Balaban J connectivity index is 1.28. The van der Waals surface area contributed by atoms with Crippen molar-refractivity contribution in [3.63, 3.8) is 0 Å². The summed E-state index contributed by atoms with van der Waals surface area (Å²) in [7, 11) is 3.46. The highest BCUT2D eigenvalue weighted by Gasteiger charge is 2.36. The van der Waals surface area contributed by atoms with Gasteiger partial charge in [-0.15, -0.1) is 0 Å². The van der Waals surface area contributed by atoms with E-state index < -0.39 is 29.5 Å². The number of nitrogens with one attached hydrogen (secondary N) is 2. The van der Waals surface area contributed by atoms with E-state index in [1.165, 1.54) is 36.7 Å². The Morgan fingerprint density at radius 3 is 2.20 bits per heavy atom. The van der Waals surface area contributed by atoms with Crippen LogP contribution in [0.5, 0.6) is 0 Å². The third-order valence-electron chi connectivity index (χ3n) is 7.11. The Morgan fingerprint density at radius 1 is 0.911 bits per heavy atom. The third kappa shape index (κ3) is 7.25. The van der Waals surface area contributed by atoms with Crippen molar-refractivity contribution in [3.05, 3.63) is 60.7 Å². The SMILES string of the molecule is CN1CCN(c2ccc(NC(=O)Nc3ccc(-n4cnc5c(N(C)C(=O)OC(C)(C)C)ncnc54)cc3)cc2C(F)(F)F)CC1. The number of benzene rings is 2. The van der Waals surface area contributed by atoms with Crippen LogP contribution in [0, 0.1) is 0 Å². The summed E-state index contributed by atoms with van der Waals surface area (Å²) in [6.07, 6.45) is -2.33. The van der Waals surface area contributed by atoms with Gasteiger partial charge < -0.3 is 25.2 Å². The number of imidazole rings is 1. The summed E-state index contributed by atoms with van der Waals surface area (Å²) in [4.78, 5) is 43.3. The lowest BCUT2D eigenvalue weighted by atomic mass is 10.1. The van der Waals surface area contributed by atoms with Crippen LogP contribution in [0.25, 0.3) is 16.9 Å². The van der Waals surface area contributed by atoms with Gasteiger partial charge in [0.25, 0.3) is 0 Å². The van der Waals surface area contributed by atoms with Crippen molar-refractivity contribution >= 4 is 46.2 Å². The number of carbonyl (C=O) groups is 2. The first-order chi connectivity index (χ1) is 21.2. The minimum Gasteiger partial charge on any atom is -0.443 e. The summed E-state index contributed by atoms with van der Waals surface area (Å²) in [6.45, 7) is 7.58. The van der Waals surface area contributed by atoms with Crippen LogP contribution in [0.15, 0.2) is 55.1 Å². The van der Waals surface area contributed by atoms with Crippen molar-refractivity contribution in [2.75, 3.05) is 60.7 Å². The van der Waals surface area contributed by atoms with Gasteiger partial charge in [-0.3, -0.25) is 9.47 Å². The van der Waals surface area contributed by atoms with E-state index in [9.17, 15) is 22.8 Å². The predicted octanol–water partition coefficient (Wildman–Crippen LogP) is 5.60. The Labute approximate surface area is 257 Å². The zero-order valence-corrected chi connectivity index (χ0v) is 25.5. The molecule has 0 unspecified atom stereocenters. The number of halogens is 3. The lowest BCUT2D eigenvalue weighted by molar-refractivity contribution is -0.137. The number of hydrogen-bond acceptors (Lipinski definition) is 8. The van der Waals surface area contributed by atoms with Crippen molar-refractivity contribution in [3.8, 4) is 5.69 Å². The fourth-order valence-electron chi connectivity index (χ4n) is 4.84. The van der Waals surface area contributed by atoms with Gasteiger partial charge in [-0.25, -0.2) is 24.5 Å². The van der Waals surface area contributed by atoms with Crippen LogP contribution in [0.2, 0.25) is 0 Å². The Bertz CT molecular complexity index is 1690. The molecule has 238 valence electrons. The summed E-state index contributed by atoms with van der Waals surface area (Å²) in [5.74, 6) is 0.271. The van der Waals surface area contributed by atoms with E-state index >= 15 is 0 Å². The predicted molar refractivity (Wildman–Crippen MR) is 165 cm³/mol. The molecule has 0 aliphatic carbocycles. The summed E-state index contributed by atoms with van der Waals surface area (Å²) < 4.78 is 49.0. The van der Waals surface area contributed by atoms with Gasteiger partial charge >= 0.3 is 18.3 Å². The second kappa shape index (κ2) is 12.2. The standard InChI is InChI=1S/C30H34F3N9O3/c1-29(2,3)45-28(44)40(5)25-24-26(35-17-34-25)42(18-36-24)21-9-6-19(7-10-21)37-27(43)38-20-8-11-23(22(16-20)30(31,32)33)41-14-12-39(4)13-15-41/h6-11,16-18H,12-15H2,1-5H3,(H2,37,38,43). The molecule has 4 aromatic rings. The number of urea groups is 1. The number of nitrogens with zero attached hydrogens (tertiary/aromatic N) is 7. The Hall–Kier alpha value is -4.92. The molecule has 3 amide bonds. The zero-order chi connectivity index (χ0) is 32.5. The second-order valence-electron chi connectivity index (χ2n) is 11.7. The van der Waals surface area contributed by atoms with Crippen molar-refractivity contribution < 1.29 is 27.5 Å². The highest BCUT2D eigenvalue weighted by Crippen LogP contribution is 2.38. The minimum absolute atomic E-state index is 0.0195. The molecule has 0 atom stereocenters. The molecule has 12 nitrogen and oxygen atoms in total. The van der Waals surface area contributed by atoms with Crippen LogP contribution >= 0.6 is 0 Å². The number of amides is 3. The van der Waals surface area contributed by atoms with Gasteiger partial charge in [-0.2, -0.15) is 13.2 Å². The van der Waals surface area contributed by atoms with Crippen LogP contribution in [-0.4, -0.2) is 82.4 Å². The number of hydrogen-bond donors (Lipinski definition) is 2. The molecule has 45 heavy (non-hydrogen) atoms. The number of aromatic nitrogens is 4. The molecule has 0 spiro atoms. The largest absolute Gasteiger partial charge is 0.443 e. The van der Waals surface area contributed by atoms with Gasteiger partial charge in [0.1, 0.15) is 18.3 Å². The topological polar surface area (TPSA) is 121 Å². The van der Waals surface area contributed by atoms with Crippen LogP contribution in [-0.2, 0) is 10.9 Å². The van der Waals surface area contributed by atoms with Gasteiger partial charge in [0, 0.05) is 56.0 Å². The number of ether oxygens (including phenoxy) is 1. The molecule has 1 aliphatic rings. The van der Waals surface area contributed by atoms with Crippen molar-refractivity contribution in [1.29, 1.82) is 0 Å². The molecule has 1 saturated heterocycles. The van der Waals surface area contributed by atoms with E-state index in [-0.39, 0.29) is 17.2 Å². The van der Waals surface area contributed by atoms with Crippen molar-refractivity contribution in [2.45, 2.75) is 32.5 Å². The molecule has 2 aromatic heterocycles. The van der Waals surface area contributed by atoms with Gasteiger partial charge in [-0.1, -0.05) is 0 Å². The van der Waals surface area contributed by atoms with Crippen LogP contribution in [0.3, 0.4) is 0 Å². The maximum atomic E-state index is 13.9. The third-order valence-corrected chi connectivity index (χ3v) is 7.11. The number of fused-ring (bicyclic) bond motifs is 1. The first-order valence-electron chi connectivity index (χ1n) is 14.2. The van der Waals surface area contributed by atoms with E-state index in [4.69, 9.17) is 4.74 Å². The van der Waals surface area contributed by atoms with Crippen LogP contribution in [0.4, 0.5) is 45.6 Å². The maximum Gasteiger partial charge on any atom is 0.418 e. The number of carbonyl (C=O) groups excluding carboxylic acids is 2. The highest BCUT2D eigenvalue weighted by molar-refractivity contribution is 6.00. The fraction of sp³-hybridized carbons (Fsp3) is 0.367. The molecule has 2 aromatic carbocycles. The van der Waals surface area contributed by atoms with Crippen LogP contribution in [0.1, 0.15) is 26.3 Å². The molecule has 1 aliphatic heterocycles. The molecular formula is C30H34F3N9O3. The Morgan fingerprint density at radius 2 is 1.56 bits per heavy atom. The van der Waals surface area contributed by atoms with E-state index in [2.05, 4.69) is 30.5 Å². The number of alkyl halides is 3. The smallest absolute Gasteiger partial charge is 0.418 e. The average molecular weight is 626 g/mol. The fourth-order valence-corrected chi connectivity index (χ4v) is 4.84. The van der Waals surface area contributed by atoms with Gasteiger partial charge in [0.15, 0.2) is 17.0 Å². The van der Waals surface area contributed by atoms with Gasteiger partial charge in [0.05, 0.1) is 5.56 Å². The maximum absolute atomic E-state index is 13.9. The summed E-state index contributed by atoms with van der Waals surface area (Å²) in [5.41, 5.74) is 0.506. The number of anilines is 4. The quantitative estimate of drug-likeness (QED) is 0.294. The molecule has 5 rings (SSSR count). The molecular weight excluding hydrogens is 591 g/mol. The van der Waals surface area contributed by atoms with E-state index in [0.717, 1.165) is 6.07 Å². The average Bonchev–Trinajstić information content (AvgIpc) is 3.41. The minimum atomic E-state index is -4.59. The summed E-state index contributed by atoms with van der Waals surface area (Å²) >= 11 is 0. The number of piperazine rings is 1. The van der Waals surface area contributed by atoms with E-state index in [1.807, 2.05) is 7.05 Å². The summed E-state index contributed by atoms with van der Waals surface area (Å²) in [5, 5.41) is 5.14. The first-order valence-corrected chi connectivity index (χ1v) is 14.2.